The third-order valence-corrected chi connectivity index (χ3v) is 8.74. The third kappa shape index (κ3) is 7.36. The van der Waals surface area contributed by atoms with Crippen LogP contribution in [0.15, 0.2) is 146 Å². The Morgan fingerprint density at radius 3 is 0.867 bits per heavy atom. The summed E-state index contributed by atoms with van der Waals surface area (Å²) in [6, 6.07) is 50.2. The molecule has 0 saturated heterocycles. The lowest BCUT2D eigenvalue weighted by Gasteiger charge is -2.23. The molecule has 0 atom stereocenters. The third-order valence-electron chi connectivity index (χ3n) is 8.74. The summed E-state index contributed by atoms with van der Waals surface area (Å²) in [6.45, 7) is 2.23. The second-order valence-electron chi connectivity index (χ2n) is 12.0. The van der Waals surface area contributed by atoms with Gasteiger partial charge >= 0.3 is 0 Å². The van der Waals surface area contributed by atoms with Crippen LogP contribution < -0.4 is 0 Å². The van der Waals surface area contributed by atoms with Gasteiger partial charge < -0.3 is 10.2 Å². The van der Waals surface area contributed by atoms with Crippen LogP contribution in [0, 0.1) is 0 Å². The molecule has 0 amide bonds. The molecular weight excluding hydrogens is 548 g/mol. The average molecular weight is 589 g/mol. The van der Waals surface area contributed by atoms with E-state index in [-0.39, 0.29) is 5.92 Å². The zero-order valence-corrected chi connectivity index (χ0v) is 25.9. The Labute approximate surface area is 267 Å². The molecular formula is C43H40O2. The molecule has 6 aromatic rings. The first kappa shape index (κ1) is 30.0. The molecule has 0 fully saturated rings. The van der Waals surface area contributed by atoms with E-state index in [1.165, 1.54) is 33.4 Å². The highest BCUT2D eigenvalue weighted by atomic mass is 16.3. The number of rotatable bonds is 11. The standard InChI is InChI=1S/C43H40O2/c1-2-41(35-27-37(23-31-15-7-3-8-16-31)42(44)38(28-35)24-32-17-9-4-10-18-32)36-29-39(25-33-19-11-5-12-20-33)43(45)40(30-36)26-34-21-13-6-14-22-34/h3-22,27-30,41,44-45H,2,23-26H2,1H3. The molecule has 0 bridgehead atoms. The van der Waals surface area contributed by atoms with Crippen LogP contribution in [0.1, 0.15) is 74.9 Å². The fraction of sp³-hybridized carbons (Fsp3) is 0.163. The average Bonchev–Trinajstić information content (AvgIpc) is 3.07. The monoisotopic (exact) mass is 588 g/mol. The van der Waals surface area contributed by atoms with Gasteiger partial charge in [0.1, 0.15) is 11.5 Å². The summed E-state index contributed by atoms with van der Waals surface area (Å²) >= 11 is 0. The number of hydrogen-bond donors (Lipinski definition) is 2. The zero-order valence-electron chi connectivity index (χ0n) is 25.9. The van der Waals surface area contributed by atoms with Crippen molar-refractivity contribution >= 4 is 0 Å². The van der Waals surface area contributed by atoms with Gasteiger partial charge in [0.05, 0.1) is 0 Å². The van der Waals surface area contributed by atoms with E-state index in [2.05, 4.69) is 128 Å². The van der Waals surface area contributed by atoms with Crippen LogP contribution >= 0.6 is 0 Å². The molecule has 0 unspecified atom stereocenters. The summed E-state index contributed by atoms with van der Waals surface area (Å²) < 4.78 is 0. The molecule has 2 heteroatoms. The van der Waals surface area contributed by atoms with Crippen molar-refractivity contribution in [3.8, 4) is 11.5 Å². The predicted octanol–water partition coefficient (Wildman–Crippen LogP) is 10.0. The maximum absolute atomic E-state index is 11.6. The molecule has 6 rings (SSSR count). The molecule has 6 aromatic carbocycles. The van der Waals surface area contributed by atoms with Gasteiger partial charge in [0.2, 0.25) is 0 Å². The summed E-state index contributed by atoms with van der Waals surface area (Å²) in [5.74, 6) is 0.849. The number of aromatic hydroxyl groups is 2. The largest absolute Gasteiger partial charge is 0.507 e. The molecule has 2 N–H and O–H groups in total. The van der Waals surface area contributed by atoms with Crippen LogP contribution in [0.2, 0.25) is 0 Å². The number of hydrogen-bond acceptors (Lipinski definition) is 2. The topological polar surface area (TPSA) is 40.5 Å². The van der Waals surface area contributed by atoms with Crippen LogP contribution in [-0.4, -0.2) is 10.2 Å². The number of benzene rings is 6. The smallest absolute Gasteiger partial charge is 0.122 e. The number of phenolic OH excluding ortho intramolecular Hbond substituents is 2. The second-order valence-corrected chi connectivity index (χ2v) is 12.0. The lowest BCUT2D eigenvalue weighted by atomic mass is 9.82. The van der Waals surface area contributed by atoms with Gasteiger partial charge in [-0.1, -0.05) is 153 Å². The molecule has 2 nitrogen and oxygen atoms in total. The fourth-order valence-corrected chi connectivity index (χ4v) is 6.44. The minimum atomic E-state index is 0.0966. The molecule has 0 spiro atoms. The van der Waals surface area contributed by atoms with E-state index in [9.17, 15) is 10.2 Å². The first-order chi connectivity index (χ1) is 22.1. The minimum absolute atomic E-state index is 0.0966. The van der Waals surface area contributed by atoms with Gasteiger partial charge in [-0.2, -0.15) is 0 Å². The second kappa shape index (κ2) is 14.1. The Bertz CT molecular complexity index is 1570. The maximum Gasteiger partial charge on any atom is 0.122 e. The highest BCUT2D eigenvalue weighted by Gasteiger charge is 2.21. The van der Waals surface area contributed by atoms with Gasteiger partial charge in [0.15, 0.2) is 0 Å². The van der Waals surface area contributed by atoms with E-state index in [1.807, 2.05) is 24.3 Å². The van der Waals surface area contributed by atoms with Gasteiger partial charge in [-0.15, -0.1) is 0 Å². The van der Waals surface area contributed by atoms with Crippen molar-refractivity contribution < 1.29 is 10.2 Å². The lowest BCUT2D eigenvalue weighted by Crippen LogP contribution is -2.06. The Morgan fingerprint density at radius 1 is 0.400 bits per heavy atom. The van der Waals surface area contributed by atoms with Gasteiger partial charge in [0.25, 0.3) is 0 Å². The highest BCUT2D eigenvalue weighted by molar-refractivity contribution is 5.53. The van der Waals surface area contributed by atoms with E-state index in [1.54, 1.807) is 0 Å². The maximum atomic E-state index is 11.6. The summed E-state index contributed by atoms with van der Waals surface area (Å²) in [5.41, 5.74) is 10.8. The first-order valence-electron chi connectivity index (χ1n) is 15.9. The predicted molar refractivity (Wildman–Crippen MR) is 185 cm³/mol. The summed E-state index contributed by atoms with van der Waals surface area (Å²) in [7, 11) is 0. The molecule has 0 aliphatic heterocycles. The summed E-state index contributed by atoms with van der Waals surface area (Å²) in [5, 5.41) is 23.2. The molecule has 45 heavy (non-hydrogen) atoms. The SMILES string of the molecule is CCC(c1cc(Cc2ccccc2)c(O)c(Cc2ccccc2)c1)c1cc(Cc2ccccc2)c(O)c(Cc2ccccc2)c1. The quantitative estimate of drug-likeness (QED) is 0.158. The summed E-state index contributed by atoms with van der Waals surface area (Å²) in [6.07, 6.45) is 3.53. The van der Waals surface area contributed by atoms with Crippen molar-refractivity contribution in [1.82, 2.24) is 0 Å². The molecule has 0 heterocycles. The van der Waals surface area contributed by atoms with Gasteiger partial charge in [0, 0.05) is 31.6 Å². The molecule has 0 saturated carbocycles. The van der Waals surface area contributed by atoms with Crippen molar-refractivity contribution in [2.24, 2.45) is 0 Å². The van der Waals surface area contributed by atoms with E-state index in [4.69, 9.17) is 0 Å². The normalized spacial score (nSPS) is 11.2. The molecule has 0 aliphatic carbocycles. The molecule has 0 aromatic heterocycles. The Kier molecular flexibility index (Phi) is 9.41. The van der Waals surface area contributed by atoms with Gasteiger partial charge in [-0.05, 0) is 62.1 Å². The Balaban J connectivity index is 1.46. The van der Waals surface area contributed by atoms with Crippen LogP contribution in [0.5, 0.6) is 11.5 Å². The van der Waals surface area contributed by atoms with E-state index in [0.29, 0.717) is 37.2 Å². The van der Waals surface area contributed by atoms with Gasteiger partial charge in [-0.25, -0.2) is 0 Å². The van der Waals surface area contributed by atoms with E-state index in [0.717, 1.165) is 28.7 Å². The van der Waals surface area contributed by atoms with Crippen LogP contribution in [-0.2, 0) is 25.7 Å². The highest BCUT2D eigenvalue weighted by Crippen LogP contribution is 2.39. The molecule has 224 valence electrons. The van der Waals surface area contributed by atoms with E-state index < -0.39 is 0 Å². The van der Waals surface area contributed by atoms with Crippen LogP contribution in [0.3, 0.4) is 0 Å². The van der Waals surface area contributed by atoms with Crippen molar-refractivity contribution in [2.45, 2.75) is 44.9 Å². The van der Waals surface area contributed by atoms with Crippen molar-refractivity contribution in [3.63, 3.8) is 0 Å². The van der Waals surface area contributed by atoms with Crippen LogP contribution in [0.25, 0.3) is 0 Å². The fourth-order valence-electron chi connectivity index (χ4n) is 6.44. The Hall–Kier alpha value is -5.08. The summed E-state index contributed by atoms with van der Waals surface area (Å²) in [4.78, 5) is 0. The first-order valence-corrected chi connectivity index (χ1v) is 15.9. The molecule has 0 aliphatic rings. The number of phenols is 2. The zero-order chi connectivity index (χ0) is 31.0. The van der Waals surface area contributed by atoms with Crippen molar-refractivity contribution in [3.05, 3.63) is 201 Å². The minimum Gasteiger partial charge on any atom is -0.507 e. The van der Waals surface area contributed by atoms with E-state index >= 15 is 0 Å². The van der Waals surface area contributed by atoms with Gasteiger partial charge in [-0.3, -0.25) is 0 Å². The molecule has 0 radical (unpaired) electrons. The van der Waals surface area contributed by atoms with Crippen LogP contribution in [0.4, 0.5) is 0 Å². The van der Waals surface area contributed by atoms with Crippen molar-refractivity contribution in [1.29, 1.82) is 0 Å². The Morgan fingerprint density at radius 2 is 0.644 bits per heavy atom. The van der Waals surface area contributed by atoms with Crippen molar-refractivity contribution in [2.75, 3.05) is 0 Å². The lowest BCUT2D eigenvalue weighted by molar-refractivity contribution is 0.462.